The van der Waals surface area contributed by atoms with Crippen molar-refractivity contribution in [1.82, 2.24) is 9.80 Å². The molecule has 0 aromatic heterocycles. The normalized spacial score (nSPS) is 24.9. The van der Waals surface area contributed by atoms with Crippen LogP contribution in [0.1, 0.15) is 20.3 Å². The molecule has 3 heteroatoms. The van der Waals surface area contributed by atoms with Gasteiger partial charge in [-0.25, -0.2) is 0 Å². The highest BCUT2D eigenvalue weighted by atomic mass is 15.2. The summed E-state index contributed by atoms with van der Waals surface area (Å²) < 4.78 is 0. The summed E-state index contributed by atoms with van der Waals surface area (Å²) in [6, 6.07) is 1.07. The first-order valence-electron chi connectivity index (χ1n) is 5.27. The van der Waals surface area contributed by atoms with E-state index in [2.05, 4.69) is 30.7 Å². The topological polar surface area (TPSA) is 32.5 Å². The summed E-state index contributed by atoms with van der Waals surface area (Å²) in [5.41, 5.74) is 5.84. The van der Waals surface area contributed by atoms with Gasteiger partial charge >= 0.3 is 0 Å². The second kappa shape index (κ2) is 4.94. The Labute approximate surface area is 81.9 Å². The molecular formula is C10H23N3. The lowest BCUT2D eigenvalue weighted by molar-refractivity contribution is 0.223. The van der Waals surface area contributed by atoms with E-state index in [-0.39, 0.29) is 0 Å². The highest BCUT2D eigenvalue weighted by Gasteiger charge is 2.18. The number of nitrogens with two attached hydrogens (primary N) is 1. The van der Waals surface area contributed by atoms with Gasteiger partial charge in [-0.2, -0.15) is 0 Å². The zero-order valence-electron chi connectivity index (χ0n) is 9.16. The molecule has 3 nitrogen and oxygen atoms in total. The monoisotopic (exact) mass is 185 g/mol. The average molecular weight is 185 g/mol. The summed E-state index contributed by atoms with van der Waals surface area (Å²) in [7, 11) is 2.18. The lowest BCUT2D eigenvalue weighted by Crippen LogP contribution is -2.36. The fraction of sp³-hybridized carbons (Fsp3) is 1.00. The number of likely N-dealkylation sites (tertiary alicyclic amines) is 1. The van der Waals surface area contributed by atoms with Gasteiger partial charge in [0.05, 0.1) is 0 Å². The Morgan fingerprint density at radius 1 is 1.54 bits per heavy atom. The average Bonchev–Trinajstić information content (AvgIpc) is 2.47. The molecule has 0 aromatic rings. The van der Waals surface area contributed by atoms with Crippen LogP contribution in [0, 0.1) is 0 Å². The molecule has 1 aliphatic heterocycles. The lowest BCUT2D eigenvalue weighted by Gasteiger charge is -2.24. The van der Waals surface area contributed by atoms with Gasteiger partial charge < -0.3 is 15.5 Å². The summed E-state index contributed by atoms with van der Waals surface area (Å²) in [5.74, 6) is 0. The predicted octanol–water partition coefficient (Wildman–Crippen LogP) is 0.360. The van der Waals surface area contributed by atoms with E-state index in [0.717, 1.165) is 13.1 Å². The van der Waals surface area contributed by atoms with Gasteiger partial charge in [0.15, 0.2) is 0 Å². The van der Waals surface area contributed by atoms with Gasteiger partial charge in [-0.3, -0.25) is 0 Å². The van der Waals surface area contributed by atoms with Crippen molar-refractivity contribution in [2.45, 2.75) is 32.4 Å². The first-order chi connectivity index (χ1) is 6.09. The molecule has 78 valence electrons. The molecule has 0 aromatic carbocycles. The number of hydrogen-bond donors (Lipinski definition) is 1. The van der Waals surface area contributed by atoms with Gasteiger partial charge in [-0.05, 0) is 33.9 Å². The number of nitrogens with zero attached hydrogens (tertiary/aromatic N) is 2. The van der Waals surface area contributed by atoms with Crippen LogP contribution in [0.25, 0.3) is 0 Å². The third-order valence-electron chi connectivity index (χ3n) is 2.96. The maximum Gasteiger partial charge on any atom is 0.0180 e. The summed E-state index contributed by atoms with van der Waals surface area (Å²) in [4.78, 5) is 4.84. The lowest BCUT2D eigenvalue weighted by atomic mass is 10.3. The van der Waals surface area contributed by atoms with Crippen LogP contribution in [0.5, 0.6) is 0 Å². The first kappa shape index (κ1) is 11.0. The molecule has 1 fully saturated rings. The zero-order chi connectivity index (χ0) is 9.84. The van der Waals surface area contributed by atoms with E-state index in [4.69, 9.17) is 5.73 Å². The van der Waals surface area contributed by atoms with Crippen LogP contribution in [0.4, 0.5) is 0 Å². The van der Waals surface area contributed by atoms with Gasteiger partial charge in [-0.15, -0.1) is 0 Å². The molecule has 1 unspecified atom stereocenters. The Kier molecular flexibility index (Phi) is 4.16. The summed E-state index contributed by atoms with van der Waals surface area (Å²) in [6.45, 7) is 9.07. The Balaban J connectivity index is 2.12. The molecular weight excluding hydrogens is 162 g/mol. The number of likely N-dealkylation sites (N-methyl/N-ethyl adjacent to an activating group) is 1. The fourth-order valence-electron chi connectivity index (χ4n) is 1.62. The van der Waals surface area contributed by atoms with Crippen molar-refractivity contribution < 1.29 is 0 Å². The third kappa shape index (κ3) is 3.63. The third-order valence-corrected chi connectivity index (χ3v) is 2.96. The zero-order valence-corrected chi connectivity index (χ0v) is 9.16. The molecule has 1 aliphatic rings. The largest absolute Gasteiger partial charge is 0.326 e. The Bertz CT molecular complexity index is 147. The van der Waals surface area contributed by atoms with Crippen molar-refractivity contribution in [3.63, 3.8) is 0 Å². The van der Waals surface area contributed by atoms with Crippen molar-refractivity contribution in [1.29, 1.82) is 0 Å². The maximum absolute atomic E-state index is 5.84. The molecule has 0 bridgehead atoms. The fourth-order valence-corrected chi connectivity index (χ4v) is 1.62. The van der Waals surface area contributed by atoms with E-state index >= 15 is 0 Å². The molecule has 0 saturated carbocycles. The van der Waals surface area contributed by atoms with E-state index in [1.807, 2.05) is 0 Å². The van der Waals surface area contributed by atoms with Gasteiger partial charge in [0.25, 0.3) is 0 Å². The van der Waals surface area contributed by atoms with Crippen LogP contribution in [-0.4, -0.2) is 55.1 Å². The van der Waals surface area contributed by atoms with E-state index < -0.39 is 0 Å². The number of rotatable bonds is 4. The van der Waals surface area contributed by atoms with Crippen molar-refractivity contribution >= 4 is 0 Å². The van der Waals surface area contributed by atoms with Gasteiger partial charge in [0, 0.05) is 31.7 Å². The Morgan fingerprint density at radius 2 is 2.23 bits per heavy atom. The summed E-state index contributed by atoms with van der Waals surface area (Å²) in [5, 5.41) is 0. The minimum Gasteiger partial charge on any atom is -0.326 e. The molecule has 1 heterocycles. The molecule has 0 radical (unpaired) electrons. The highest BCUT2D eigenvalue weighted by Crippen LogP contribution is 2.06. The van der Waals surface area contributed by atoms with E-state index in [1.54, 1.807) is 0 Å². The molecule has 0 aliphatic carbocycles. The maximum atomic E-state index is 5.84. The van der Waals surface area contributed by atoms with Gasteiger partial charge in [0.2, 0.25) is 0 Å². The van der Waals surface area contributed by atoms with Crippen LogP contribution in [-0.2, 0) is 0 Å². The number of hydrogen-bond acceptors (Lipinski definition) is 3. The summed E-state index contributed by atoms with van der Waals surface area (Å²) >= 11 is 0. The van der Waals surface area contributed by atoms with E-state index in [9.17, 15) is 0 Å². The second-order valence-corrected chi connectivity index (χ2v) is 4.42. The van der Waals surface area contributed by atoms with Crippen LogP contribution >= 0.6 is 0 Å². The van der Waals surface area contributed by atoms with Gasteiger partial charge in [0.1, 0.15) is 0 Å². The van der Waals surface area contributed by atoms with Gasteiger partial charge in [-0.1, -0.05) is 0 Å². The van der Waals surface area contributed by atoms with Crippen LogP contribution in [0.2, 0.25) is 0 Å². The Hall–Kier alpha value is -0.120. The minimum atomic E-state index is 0.421. The Morgan fingerprint density at radius 3 is 2.69 bits per heavy atom. The quantitative estimate of drug-likeness (QED) is 0.686. The molecule has 1 rings (SSSR count). The molecule has 2 N–H and O–H groups in total. The van der Waals surface area contributed by atoms with Crippen LogP contribution in [0.15, 0.2) is 0 Å². The summed E-state index contributed by atoms with van der Waals surface area (Å²) in [6.07, 6.45) is 1.17. The van der Waals surface area contributed by atoms with Crippen molar-refractivity contribution in [3.8, 4) is 0 Å². The standard InChI is InChI=1S/C10H23N3/c1-9(2)12(3)6-7-13-5-4-10(11)8-13/h9-10H,4-8,11H2,1-3H3. The van der Waals surface area contributed by atoms with Crippen LogP contribution in [0.3, 0.4) is 0 Å². The van der Waals surface area contributed by atoms with Crippen molar-refractivity contribution in [3.05, 3.63) is 0 Å². The van der Waals surface area contributed by atoms with E-state index in [0.29, 0.717) is 12.1 Å². The smallest absolute Gasteiger partial charge is 0.0180 e. The molecule has 13 heavy (non-hydrogen) atoms. The highest BCUT2D eigenvalue weighted by molar-refractivity contribution is 4.78. The van der Waals surface area contributed by atoms with Crippen molar-refractivity contribution in [2.24, 2.45) is 5.73 Å². The molecule has 1 atom stereocenters. The second-order valence-electron chi connectivity index (χ2n) is 4.42. The molecule has 1 saturated heterocycles. The minimum absolute atomic E-state index is 0.421. The SMILES string of the molecule is CC(C)N(C)CCN1CCC(N)C1. The first-order valence-corrected chi connectivity index (χ1v) is 5.27. The van der Waals surface area contributed by atoms with E-state index in [1.165, 1.54) is 19.5 Å². The molecule has 0 spiro atoms. The van der Waals surface area contributed by atoms with Crippen LogP contribution < -0.4 is 5.73 Å². The predicted molar refractivity (Wildman–Crippen MR) is 56.8 cm³/mol. The molecule has 0 amide bonds. The van der Waals surface area contributed by atoms with Crippen molar-refractivity contribution in [2.75, 3.05) is 33.2 Å².